The molecule has 1 aromatic carbocycles. The molecule has 0 unspecified atom stereocenters. The van der Waals surface area contributed by atoms with Crippen LogP contribution in [0.3, 0.4) is 0 Å². The Morgan fingerprint density at radius 2 is 2.12 bits per heavy atom. The van der Waals surface area contributed by atoms with Gasteiger partial charge in [0.1, 0.15) is 10.8 Å². The van der Waals surface area contributed by atoms with Crippen molar-refractivity contribution in [2.24, 2.45) is 0 Å². The van der Waals surface area contributed by atoms with E-state index >= 15 is 0 Å². The molecule has 0 aliphatic heterocycles. The van der Waals surface area contributed by atoms with Crippen molar-refractivity contribution in [1.82, 2.24) is 4.98 Å². The van der Waals surface area contributed by atoms with Gasteiger partial charge in [0.25, 0.3) is 0 Å². The van der Waals surface area contributed by atoms with Crippen LogP contribution >= 0.6 is 23.4 Å². The van der Waals surface area contributed by atoms with Gasteiger partial charge in [-0.1, -0.05) is 29.4 Å². The highest BCUT2D eigenvalue weighted by molar-refractivity contribution is 7.99. The SMILES string of the molecule is OCc1c(F)cccc1Sc1ncccc1Cl. The van der Waals surface area contributed by atoms with Gasteiger partial charge in [0.05, 0.1) is 11.6 Å². The molecular formula is C12H9ClFNOS. The lowest BCUT2D eigenvalue weighted by Gasteiger charge is -2.08. The molecule has 0 aliphatic carbocycles. The second-order valence-corrected chi connectivity index (χ2v) is 4.70. The number of halogens is 2. The Kier molecular flexibility index (Phi) is 3.99. The summed E-state index contributed by atoms with van der Waals surface area (Å²) in [6, 6.07) is 8.08. The second-order valence-electron chi connectivity index (χ2n) is 3.27. The molecule has 0 atom stereocenters. The van der Waals surface area contributed by atoms with E-state index in [1.807, 2.05) is 0 Å². The Bertz CT molecular complexity index is 536. The third-order valence-electron chi connectivity index (χ3n) is 2.17. The first-order valence-electron chi connectivity index (χ1n) is 4.89. The first-order chi connectivity index (χ1) is 8.22. The van der Waals surface area contributed by atoms with E-state index in [0.717, 1.165) is 0 Å². The molecule has 0 bridgehead atoms. The van der Waals surface area contributed by atoms with Crippen molar-refractivity contribution in [3.8, 4) is 0 Å². The van der Waals surface area contributed by atoms with Crippen molar-refractivity contribution in [2.75, 3.05) is 0 Å². The maximum absolute atomic E-state index is 13.4. The Morgan fingerprint density at radius 3 is 2.82 bits per heavy atom. The van der Waals surface area contributed by atoms with Crippen LogP contribution in [0.1, 0.15) is 5.56 Å². The number of hydrogen-bond acceptors (Lipinski definition) is 3. The van der Waals surface area contributed by atoms with Gasteiger partial charge >= 0.3 is 0 Å². The number of rotatable bonds is 3. The molecule has 1 heterocycles. The zero-order valence-electron chi connectivity index (χ0n) is 8.73. The molecule has 1 aromatic heterocycles. The molecule has 0 fully saturated rings. The number of aliphatic hydroxyl groups is 1. The van der Waals surface area contributed by atoms with Crippen LogP contribution in [0.4, 0.5) is 4.39 Å². The number of aliphatic hydroxyl groups excluding tert-OH is 1. The number of aromatic nitrogens is 1. The lowest BCUT2D eigenvalue weighted by atomic mass is 10.2. The van der Waals surface area contributed by atoms with Gasteiger partial charge in [-0.05, 0) is 24.3 Å². The lowest BCUT2D eigenvalue weighted by Crippen LogP contribution is -1.93. The van der Waals surface area contributed by atoms with Gasteiger partial charge in [0.15, 0.2) is 0 Å². The van der Waals surface area contributed by atoms with Gasteiger partial charge < -0.3 is 5.11 Å². The highest BCUT2D eigenvalue weighted by Crippen LogP contribution is 2.34. The predicted octanol–water partition coefficient (Wildman–Crippen LogP) is 3.52. The molecule has 5 heteroatoms. The van der Waals surface area contributed by atoms with Crippen LogP contribution in [0, 0.1) is 5.82 Å². The van der Waals surface area contributed by atoms with Crippen LogP contribution in [0.25, 0.3) is 0 Å². The van der Waals surface area contributed by atoms with Crippen molar-refractivity contribution in [3.05, 3.63) is 52.9 Å². The van der Waals surface area contributed by atoms with E-state index < -0.39 is 5.82 Å². The highest BCUT2D eigenvalue weighted by Gasteiger charge is 2.10. The maximum Gasteiger partial charge on any atom is 0.129 e. The molecule has 88 valence electrons. The minimum Gasteiger partial charge on any atom is -0.392 e. The minimum atomic E-state index is -0.426. The van der Waals surface area contributed by atoms with E-state index in [9.17, 15) is 4.39 Å². The average Bonchev–Trinajstić information content (AvgIpc) is 2.32. The smallest absolute Gasteiger partial charge is 0.129 e. The summed E-state index contributed by atoms with van der Waals surface area (Å²) in [6.45, 7) is -0.348. The van der Waals surface area contributed by atoms with Crippen molar-refractivity contribution in [1.29, 1.82) is 0 Å². The number of nitrogens with zero attached hydrogens (tertiary/aromatic N) is 1. The summed E-state index contributed by atoms with van der Waals surface area (Å²) in [5.74, 6) is -0.426. The largest absolute Gasteiger partial charge is 0.392 e. The van der Waals surface area contributed by atoms with Crippen LogP contribution in [-0.2, 0) is 6.61 Å². The Balaban J connectivity index is 2.37. The summed E-state index contributed by atoms with van der Waals surface area (Å²) in [5, 5.41) is 10.2. The molecule has 2 rings (SSSR count). The van der Waals surface area contributed by atoms with Gasteiger partial charge in [-0.3, -0.25) is 0 Å². The normalized spacial score (nSPS) is 10.5. The van der Waals surface area contributed by atoms with Gasteiger partial charge in [0, 0.05) is 16.7 Å². The third kappa shape index (κ3) is 2.77. The molecule has 2 aromatic rings. The quantitative estimate of drug-likeness (QED) is 0.926. The molecule has 0 spiro atoms. The fourth-order valence-corrected chi connectivity index (χ4v) is 2.49. The molecule has 0 aliphatic rings. The van der Waals surface area contributed by atoms with Crippen molar-refractivity contribution >= 4 is 23.4 Å². The van der Waals surface area contributed by atoms with Gasteiger partial charge in [-0.25, -0.2) is 9.37 Å². The fourth-order valence-electron chi connectivity index (χ4n) is 1.34. The van der Waals surface area contributed by atoms with Gasteiger partial charge in [-0.15, -0.1) is 0 Å². The molecule has 2 nitrogen and oxygen atoms in total. The van der Waals surface area contributed by atoms with Crippen LogP contribution < -0.4 is 0 Å². The summed E-state index contributed by atoms with van der Waals surface area (Å²) < 4.78 is 13.4. The molecular weight excluding hydrogens is 261 g/mol. The van der Waals surface area contributed by atoms with E-state index in [2.05, 4.69) is 4.98 Å². The fraction of sp³-hybridized carbons (Fsp3) is 0.0833. The molecule has 0 amide bonds. The van der Waals surface area contributed by atoms with Crippen LogP contribution in [0.5, 0.6) is 0 Å². The first-order valence-corrected chi connectivity index (χ1v) is 6.08. The lowest BCUT2D eigenvalue weighted by molar-refractivity contribution is 0.272. The van der Waals surface area contributed by atoms with Crippen molar-refractivity contribution in [2.45, 2.75) is 16.5 Å². The molecule has 17 heavy (non-hydrogen) atoms. The van der Waals surface area contributed by atoms with Crippen LogP contribution in [0.2, 0.25) is 5.02 Å². The zero-order chi connectivity index (χ0) is 12.3. The van der Waals surface area contributed by atoms with Crippen LogP contribution in [0.15, 0.2) is 46.5 Å². The molecule has 0 saturated carbocycles. The van der Waals surface area contributed by atoms with Crippen molar-refractivity contribution in [3.63, 3.8) is 0 Å². The first kappa shape index (κ1) is 12.4. The summed E-state index contributed by atoms with van der Waals surface area (Å²) in [5.41, 5.74) is 0.263. The van der Waals surface area contributed by atoms with E-state index in [0.29, 0.717) is 14.9 Å². The molecule has 0 saturated heterocycles. The Labute approximate surface area is 107 Å². The Hall–Kier alpha value is -1.10. The van der Waals surface area contributed by atoms with E-state index in [1.54, 1.807) is 30.5 Å². The Morgan fingerprint density at radius 1 is 1.29 bits per heavy atom. The second kappa shape index (κ2) is 5.49. The zero-order valence-corrected chi connectivity index (χ0v) is 10.3. The monoisotopic (exact) mass is 269 g/mol. The minimum absolute atomic E-state index is 0.263. The van der Waals surface area contributed by atoms with Crippen molar-refractivity contribution < 1.29 is 9.50 Å². The molecule has 0 radical (unpaired) electrons. The standard InChI is InChI=1S/C12H9ClFNOS/c13-9-3-2-6-15-12(9)17-11-5-1-4-10(14)8(11)7-16/h1-6,16H,7H2. The van der Waals surface area contributed by atoms with Gasteiger partial charge in [0.2, 0.25) is 0 Å². The average molecular weight is 270 g/mol. The van der Waals surface area contributed by atoms with Crippen LogP contribution in [-0.4, -0.2) is 10.1 Å². The van der Waals surface area contributed by atoms with E-state index in [4.69, 9.17) is 16.7 Å². The highest BCUT2D eigenvalue weighted by atomic mass is 35.5. The summed E-state index contributed by atoms with van der Waals surface area (Å²) in [4.78, 5) is 4.72. The van der Waals surface area contributed by atoms with E-state index in [1.165, 1.54) is 17.8 Å². The third-order valence-corrected chi connectivity index (χ3v) is 3.70. The number of hydrogen-bond donors (Lipinski definition) is 1. The van der Waals surface area contributed by atoms with Gasteiger partial charge in [-0.2, -0.15) is 0 Å². The summed E-state index contributed by atoms with van der Waals surface area (Å²) in [6.07, 6.45) is 1.62. The number of benzene rings is 1. The molecule has 1 N–H and O–H groups in total. The summed E-state index contributed by atoms with van der Waals surface area (Å²) in [7, 11) is 0. The number of pyridine rings is 1. The topological polar surface area (TPSA) is 33.1 Å². The predicted molar refractivity (Wildman–Crippen MR) is 65.7 cm³/mol. The maximum atomic E-state index is 13.4. The van der Waals surface area contributed by atoms with E-state index in [-0.39, 0.29) is 12.2 Å². The summed E-state index contributed by atoms with van der Waals surface area (Å²) >= 11 is 7.21.